The summed E-state index contributed by atoms with van der Waals surface area (Å²) >= 11 is 0. The molecule has 0 radical (unpaired) electrons. The van der Waals surface area contributed by atoms with Crippen LogP contribution in [0.3, 0.4) is 0 Å². The third kappa shape index (κ3) is 3.79. The Labute approximate surface area is 160 Å². The van der Waals surface area contributed by atoms with Gasteiger partial charge in [-0.05, 0) is 49.9 Å². The summed E-state index contributed by atoms with van der Waals surface area (Å²) in [7, 11) is 3.76. The summed E-state index contributed by atoms with van der Waals surface area (Å²) in [6, 6.07) is 7.56. The smallest absolute Gasteiger partial charge is 0.272 e. The molecule has 1 amide bonds. The van der Waals surface area contributed by atoms with Crippen LogP contribution in [-0.4, -0.2) is 36.8 Å². The second kappa shape index (κ2) is 7.39. The molecule has 1 aromatic carbocycles. The summed E-state index contributed by atoms with van der Waals surface area (Å²) in [6.45, 7) is 6.75. The van der Waals surface area contributed by atoms with E-state index < -0.39 is 0 Å². The van der Waals surface area contributed by atoms with E-state index >= 15 is 0 Å². The SMILES string of the molecule is COc1cc2c(cc1/C=N\NC(=O)c1cccnc1)C(C)CC(C)(C)N2C. The number of carbonyl (C=O) groups is 1. The van der Waals surface area contributed by atoms with Crippen molar-refractivity contribution in [2.75, 3.05) is 19.1 Å². The van der Waals surface area contributed by atoms with Gasteiger partial charge in [-0.1, -0.05) is 6.92 Å². The van der Waals surface area contributed by atoms with Gasteiger partial charge >= 0.3 is 0 Å². The van der Waals surface area contributed by atoms with Gasteiger partial charge in [0.05, 0.1) is 18.9 Å². The number of nitrogens with zero attached hydrogens (tertiary/aromatic N) is 3. The van der Waals surface area contributed by atoms with E-state index in [-0.39, 0.29) is 11.4 Å². The molecule has 0 bridgehead atoms. The summed E-state index contributed by atoms with van der Waals surface area (Å²) < 4.78 is 5.56. The topological polar surface area (TPSA) is 66.8 Å². The van der Waals surface area contributed by atoms with Gasteiger partial charge in [0.2, 0.25) is 0 Å². The Bertz CT molecular complexity index is 862. The average Bonchev–Trinajstić information content (AvgIpc) is 2.66. The van der Waals surface area contributed by atoms with Gasteiger partial charge in [-0.2, -0.15) is 5.10 Å². The van der Waals surface area contributed by atoms with Gasteiger partial charge in [0.1, 0.15) is 5.75 Å². The molecule has 6 heteroatoms. The molecule has 0 aliphatic carbocycles. The summed E-state index contributed by atoms with van der Waals surface area (Å²) in [5, 5.41) is 4.10. The van der Waals surface area contributed by atoms with Crippen molar-refractivity contribution in [2.24, 2.45) is 5.10 Å². The average molecular weight is 366 g/mol. The van der Waals surface area contributed by atoms with Crippen LogP contribution in [0.25, 0.3) is 0 Å². The van der Waals surface area contributed by atoms with E-state index in [2.05, 4.69) is 60.4 Å². The molecule has 0 saturated heterocycles. The minimum Gasteiger partial charge on any atom is -0.496 e. The van der Waals surface area contributed by atoms with Crippen LogP contribution in [0.1, 0.15) is 54.6 Å². The number of carbonyl (C=O) groups excluding carboxylic acids is 1. The highest BCUT2D eigenvalue weighted by atomic mass is 16.5. The van der Waals surface area contributed by atoms with Gasteiger partial charge < -0.3 is 9.64 Å². The number of methoxy groups -OCH3 is 1. The van der Waals surface area contributed by atoms with Crippen LogP contribution < -0.4 is 15.1 Å². The molecule has 6 nitrogen and oxygen atoms in total. The molecule has 3 rings (SSSR count). The monoisotopic (exact) mass is 366 g/mol. The normalized spacial score (nSPS) is 18.3. The number of hydrazone groups is 1. The third-order valence-electron chi connectivity index (χ3n) is 5.28. The predicted molar refractivity (Wildman–Crippen MR) is 108 cm³/mol. The number of nitrogens with one attached hydrogen (secondary N) is 1. The third-order valence-corrected chi connectivity index (χ3v) is 5.28. The van der Waals surface area contributed by atoms with Crippen molar-refractivity contribution in [3.63, 3.8) is 0 Å². The fourth-order valence-electron chi connectivity index (χ4n) is 3.61. The van der Waals surface area contributed by atoms with Crippen molar-refractivity contribution in [2.45, 2.75) is 38.6 Å². The molecular formula is C21H26N4O2. The highest BCUT2D eigenvalue weighted by Gasteiger charge is 2.34. The molecule has 1 aliphatic rings. The van der Waals surface area contributed by atoms with Crippen molar-refractivity contribution in [3.8, 4) is 5.75 Å². The molecule has 2 heterocycles. The molecule has 142 valence electrons. The highest BCUT2D eigenvalue weighted by molar-refractivity contribution is 5.95. The Morgan fingerprint density at radius 2 is 2.22 bits per heavy atom. The quantitative estimate of drug-likeness (QED) is 0.663. The lowest BCUT2D eigenvalue weighted by atomic mass is 9.80. The largest absolute Gasteiger partial charge is 0.496 e. The number of benzene rings is 1. The Morgan fingerprint density at radius 3 is 2.89 bits per heavy atom. The van der Waals surface area contributed by atoms with E-state index in [0.29, 0.717) is 11.5 Å². The van der Waals surface area contributed by atoms with E-state index in [1.165, 1.54) is 17.4 Å². The fraction of sp³-hybridized carbons (Fsp3) is 0.381. The lowest BCUT2D eigenvalue weighted by Crippen LogP contribution is -2.45. The lowest BCUT2D eigenvalue weighted by Gasteiger charge is -2.45. The van der Waals surface area contributed by atoms with Crippen LogP contribution in [-0.2, 0) is 0 Å². The molecule has 1 atom stereocenters. The zero-order valence-corrected chi connectivity index (χ0v) is 16.5. The van der Waals surface area contributed by atoms with Crippen LogP contribution in [0, 0.1) is 0 Å². The number of amides is 1. The van der Waals surface area contributed by atoms with Gasteiger partial charge in [-0.3, -0.25) is 9.78 Å². The fourth-order valence-corrected chi connectivity index (χ4v) is 3.61. The first-order valence-electron chi connectivity index (χ1n) is 9.02. The molecule has 1 aromatic heterocycles. The maximum atomic E-state index is 12.1. The van der Waals surface area contributed by atoms with Crippen molar-refractivity contribution in [1.29, 1.82) is 0 Å². The maximum Gasteiger partial charge on any atom is 0.272 e. The highest BCUT2D eigenvalue weighted by Crippen LogP contribution is 2.44. The van der Waals surface area contributed by atoms with Crippen molar-refractivity contribution >= 4 is 17.8 Å². The van der Waals surface area contributed by atoms with Crippen LogP contribution in [0.2, 0.25) is 0 Å². The van der Waals surface area contributed by atoms with Crippen molar-refractivity contribution in [1.82, 2.24) is 10.4 Å². The lowest BCUT2D eigenvalue weighted by molar-refractivity contribution is 0.0954. The number of ether oxygens (including phenoxy) is 1. The number of anilines is 1. The molecule has 1 unspecified atom stereocenters. The molecule has 0 spiro atoms. The van der Waals surface area contributed by atoms with Crippen LogP contribution >= 0.6 is 0 Å². The second-order valence-corrected chi connectivity index (χ2v) is 7.57. The van der Waals surface area contributed by atoms with Gasteiger partial charge in [0, 0.05) is 42.3 Å². The molecule has 1 aliphatic heterocycles. The van der Waals surface area contributed by atoms with Gasteiger partial charge in [-0.25, -0.2) is 5.43 Å². The molecular weight excluding hydrogens is 340 g/mol. The number of hydrogen-bond donors (Lipinski definition) is 1. The number of rotatable bonds is 4. The standard InChI is InChI=1S/C21H26N4O2/c1-14-11-21(2,3)25(4)18-10-19(27-5)16(9-17(14)18)13-23-24-20(26)15-7-6-8-22-12-15/h6-10,12-14H,11H2,1-5H3,(H,24,26)/b23-13-. The van der Waals surface area contributed by atoms with E-state index in [1.54, 1.807) is 31.7 Å². The Morgan fingerprint density at radius 1 is 1.44 bits per heavy atom. The zero-order valence-electron chi connectivity index (χ0n) is 16.5. The summed E-state index contributed by atoms with van der Waals surface area (Å²) in [4.78, 5) is 18.3. The Kier molecular flexibility index (Phi) is 5.17. The predicted octanol–water partition coefficient (Wildman–Crippen LogP) is 3.58. The van der Waals surface area contributed by atoms with Gasteiger partial charge in [-0.15, -0.1) is 0 Å². The molecule has 27 heavy (non-hydrogen) atoms. The number of aromatic nitrogens is 1. The summed E-state index contributed by atoms with van der Waals surface area (Å²) in [5.41, 5.74) is 6.36. The number of pyridine rings is 1. The zero-order chi connectivity index (χ0) is 19.6. The molecule has 0 fully saturated rings. The Hall–Kier alpha value is -2.89. The minimum atomic E-state index is -0.300. The van der Waals surface area contributed by atoms with Crippen molar-refractivity contribution in [3.05, 3.63) is 53.3 Å². The second-order valence-electron chi connectivity index (χ2n) is 7.57. The van der Waals surface area contributed by atoms with E-state index in [0.717, 1.165) is 17.7 Å². The summed E-state index contributed by atoms with van der Waals surface area (Å²) in [6.07, 6.45) is 5.82. The minimum absolute atomic E-state index is 0.0880. The summed E-state index contributed by atoms with van der Waals surface area (Å²) in [5.74, 6) is 0.852. The number of fused-ring (bicyclic) bond motifs is 1. The maximum absolute atomic E-state index is 12.1. The van der Waals surface area contributed by atoms with Crippen molar-refractivity contribution < 1.29 is 9.53 Å². The molecule has 1 N–H and O–H groups in total. The Balaban J connectivity index is 1.86. The van der Waals surface area contributed by atoms with Gasteiger partial charge in [0.15, 0.2) is 0 Å². The van der Waals surface area contributed by atoms with E-state index in [4.69, 9.17) is 4.74 Å². The first-order valence-corrected chi connectivity index (χ1v) is 9.02. The molecule has 0 saturated carbocycles. The van der Waals surface area contributed by atoms with Crippen LogP contribution in [0.15, 0.2) is 41.8 Å². The first-order chi connectivity index (χ1) is 12.8. The molecule has 2 aromatic rings. The van der Waals surface area contributed by atoms with Crippen LogP contribution in [0.4, 0.5) is 5.69 Å². The first kappa shape index (κ1) is 18.9. The van der Waals surface area contributed by atoms with E-state index in [1.807, 2.05) is 0 Å². The van der Waals surface area contributed by atoms with E-state index in [9.17, 15) is 4.79 Å². The number of hydrogen-bond acceptors (Lipinski definition) is 5. The van der Waals surface area contributed by atoms with Crippen LogP contribution in [0.5, 0.6) is 5.75 Å². The van der Waals surface area contributed by atoms with Gasteiger partial charge in [0.25, 0.3) is 5.91 Å².